The number of piperidine rings is 1. The Morgan fingerprint density at radius 2 is 2.10 bits per heavy atom. The molecule has 0 radical (unpaired) electrons. The molecule has 1 aliphatic rings. The minimum Gasteiger partial charge on any atom is -0.481 e. The number of carbonyl (C=O) groups is 2. The summed E-state index contributed by atoms with van der Waals surface area (Å²) in [6.45, 7) is 4.39. The molecule has 0 aromatic heterocycles. The van der Waals surface area contributed by atoms with Crippen LogP contribution in [0.25, 0.3) is 0 Å². The monoisotopic (exact) mass is 295 g/mol. The number of carbonyl (C=O) groups excluding carboxylic acids is 1. The molecule has 0 aliphatic carbocycles. The van der Waals surface area contributed by atoms with Gasteiger partial charge in [0.05, 0.1) is 16.0 Å². The number of likely N-dealkylation sites (tertiary alicyclic amines) is 1. The van der Waals surface area contributed by atoms with Crippen molar-refractivity contribution >= 4 is 23.5 Å². The first-order chi connectivity index (χ1) is 9.33. The lowest BCUT2D eigenvalue weighted by Gasteiger charge is -2.37. The predicted molar refractivity (Wildman–Crippen MR) is 77.1 cm³/mol. The van der Waals surface area contributed by atoms with Gasteiger partial charge in [-0.15, -0.1) is 0 Å². The molecule has 1 aromatic rings. The molecule has 1 saturated heterocycles. The van der Waals surface area contributed by atoms with E-state index < -0.39 is 11.4 Å². The zero-order valence-corrected chi connectivity index (χ0v) is 12.4. The van der Waals surface area contributed by atoms with Gasteiger partial charge in [0.25, 0.3) is 5.91 Å². The zero-order valence-electron chi connectivity index (χ0n) is 11.6. The third-order valence-electron chi connectivity index (χ3n) is 3.85. The summed E-state index contributed by atoms with van der Waals surface area (Å²) in [5, 5.41) is 9.71. The number of carboxylic acid groups (broad SMARTS) is 1. The Bertz CT molecular complexity index is 558. The Morgan fingerprint density at radius 1 is 1.40 bits per heavy atom. The van der Waals surface area contributed by atoms with Gasteiger partial charge < -0.3 is 10.0 Å². The molecule has 1 unspecified atom stereocenters. The fraction of sp³-hybridized carbons (Fsp3) is 0.467. The van der Waals surface area contributed by atoms with Crippen molar-refractivity contribution in [1.82, 2.24) is 4.90 Å². The van der Waals surface area contributed by atoms with Crippen LogP contribution in [0.3, 0.4) is 0 Å². The number of nitrogens with zero attached hydrogens (tertiary/aromatic N) is 1. The molecular formula is C15H18ClNO3. The number of carboxylic acids is 1. The first-order valence-corrected chi connectivity index (χ1v) is 7.00. The van der Waals surface area contributed by atoms with Gasteiger partial charge in [-0.1, -0.05) is 17.7 Å². The van der Waals surface area contributed by atoms with Crippen LogP contribution in [0.2, 0.25) is 5.02 Å². The number of hydrogen-bond donors (Lipinski definition) is 1. The second kappa shape index (κ2) is 5.44. The van der Waals surface area contributed by atoms with Gasteiger partial charge in [-0.3, -0.25) is 9.59 Å². The molecule has 2 rings (SSSR count). The summed E-state index contributed by atoms with van der Waals surface area (Å²) in [6, 6.07) is 5.28. The lowest BCUT2D eigenvalue weighted by atomic mass is 9.82. The van der Waals surface area contributed by atoms with E-state index in [-0.39, 0.29) is 12.5 Å². The summed E-state index contributed by atoms with van der Waals surface area (Å²) in [5.74, 6) is -1.05. The van der Waals surface area contributed by atoms with Crippen LogP contribution in [-0.2, 0) is 4.79 Å². The average molecular weight is 296 g/mol. The quantitative estimate of drug-likeness (QED) is 0.912. The molecule has 1 atom stereocenters. The van der Waals surface area contributed by atoms with Gasteiger partial charge in [-0.2, -0.15) is 0 Å². The van der Waals surface area contributed by atoms with Crippen molar-refractivity contribution < 1.29 is 14.7 Å². The molecule has 0 saturated carbocycles. The topological polar surface area (TPSA) is 57.6 Å². The highest BCUT2D eigenvalue weighted by atomic mass is 35.5. The lowest BCUT2D eigenvalue weighted by molar-refractivity contribution is -0.150. The molecular weight excluding hydrogens is 278 g/mol. The minimum atomic E-state index is -0.870. The van der Waals surface area contributed by atoms with E-state index in [0.29, 0.717) is 30.0 Å². The number of halogens is 1. The molecule has 4 nitrogen and oxygen atoms in total. The van der Waals surface area contributed by atoms with E-state index in [1.807, 2.05) is 13.0 Å². The molecule has 1 aliphatic heterocycles. The van der Waals surface area contributed by atoms with Crippen molar-refractivity contribution in [1.29, 1.82) is 0 Å². The Labute approximate surface area is 123 Å². The highest BCUT2D eigenvalue weighted by Crippen LogP contribution is 2.31. The number of aryl methyl sites for hydroxylation is 1. The summed E-state index contributed by atoms with van der Waals surface area (Å²) in [4.78, 5) is 25.4. The largest absolute Gasteiger partial charge is 0.481 e. The fourth-order valence-corrected chi connectivity index (χ4v) is 2.87. The van der Waals surface area contributed by atoms with Crippen LogP contribution in [0.4, 0.5) is 0 Å². The zero-order chi connectivity index (χ0) is 14.9. The molecule has 20 heavy (non-hydrogen) atoms. The second-order valence-corrected chi connectivity index (χ2v) is 6.09. The Morgan fingerprint density at radius 3 is 2.70 bits per heavy atom. The van der Waals surface area contributed by atoms with E-state index in [0.717, 1.165) is 5.56 Å². The van der Waals surface area contributed by atoms with Crippen molar-refractivity contribution in [3.63, 3.8) is 0 Å². The van der Waals surface area contributed by atoms with Gasteiger partial charge in [-0.25, -0.2) is 0 Å². The first kappa shape index (κ1) is 14.9. The van der Waals surface area contributed by atoms with Crippen LogP contribution in [-0.4, -0.2) is 35.0 Å². The summed E-state index contributed by atoms with van der Waals surface area (Å²) in [5.41, 5.74) is 0.554. The molecule has 108 valence electrons. The highest BCUT2D eigenvalue weighted by Gasteiger charge is 2.39. The highest BCUT2D eigenvalue weighted by molar-refractivity contribution is 6.33. The summed E-state index contributed by atoms with van der Waals surface area (Å²) in [6.07, 6.45) is 1.28. The van der Waals surface area contributed by atoms with Gasteiger partial charge in [0.15, 0.2) is 0 Å². The third kappa shape index (κ3) is 2.80. The molecule has 1 fully saturated rings. The molecule has 1 N–H and O–H groups in total. The third-order valence-corrected chi connectivity index (χ3v) is 4.17. The molecule has 1 heterocycles. The molecule has 5 heteroatoms. The van der Waals surface area contributed by atoms with E-state index >= 15 is 0 Å². The number of rotatable bonds is 2. The summed E-state index contributed by atoms with van der Waals surface area (Å²) >= 11 is 6.11. The Balaban J connectivity index is 2.23. The smallest absolute Gasteiger partial charge is 0.311 e. The van der Waals surface area contributed by atoms with Gasteiger partial charge >= 0.3 is 5.97 Å². The predicted octanol–water partition coefficient (Wildman–Crippen LogP) is 2.98. The van der Waals surface area contributed by atoms with Crippen molar-refractivity contribution in [3.8, 4) is 0 Å². The number of amides is 1. The van der Waals surface area contributed by atoms with E-state index in [1.165, 1.54) is 0 Å². The molecule has 0 spiro atoms. The molecule has 0 bridgehead atoms. The number of benzene rings is 1. The van der Waals surface area contributed by atoms with Gasteiger partial charge in [0.2, 0.25) is 0 Å². The van der Waals surface area contributed by atoms with Gasteiger partial charge in [0, 0.05) is 13.1 Å². The maximum atomic E-state index is 12.5. The van der Waals surface area contributed by atoms with Crippen LogP contribution in [0, 0.1) is 12.3 Å². The summed E-state index contributed by atoms with van der Waals surface area (Å²) in [7, 11) is 0. The second-order valence-electron chi connectivity index (χ2n) is 5.68. The average Bonchev–Trinajstić information content (AvgIpc) is 2.38. The van der Waals surface area contributed by atoms with Crippen molar-refractivity contribution in [3.05, 3.63) is 34.3 Å². The normalized spacial score (nSPS) is 22.6. The van der Waals surface area contributed by atoms with Crippen molar-refractivity contribution in [2.24, 2.45) is 5.41 Å². The Hall–Kier alpha value is -1.55. The molecule has 1 amide bonds. The van der Waals surface area contributed by atoms with Crippen LogP contribution >= 0.6 is 11.6 Å². The van der Waals surface area contributed by atoms with Gasteiger partial charge in [0.1, 0.15) is 0 Å². The van der Waals surface area contributed by atoms with Crippen LogP contribution in [0.15, 0.2) is 18.2 Å². The molecule has 1 aromatic carbocycles. The number of aliphatic carboxylic acids is 1. The Kier molecular flexibility index (Phi) is 4.04. The van der Waals surface area contributed by atoms with Crippen LogP contribution < -0.4 is 0 Å². The minimum absolute atomic E-state index is 0.192. The fourth-order valence-electron chi connectivity index (χ4n) is 2.55. The van der Waals surface area contributed by atoms with Crippen LogP contribution in [0.1, 0.15) is 35.7 Å². The first-order valence-electron chi connectivity index (χ1n) is 6.62. The van der Waals surface area contributed by atoms with Crippen molar-refractivity contribution in [2.45, 2.75) is 26.7 Å². The van der Waals surface area contributed by atoms with E-state index in [2.05, 4.69) is 0 Å². The summed E-state index contributed by atoms with van der Waals surface area (Å²) < 4.78 is 0. The van der Waals surface area contributed by atoms with Gasteiger partial charge in [-0.05, 0) is 44.4 Å². The lowest BCUT2D eigenvalue weighted by Crippen LogP contribution is -2.48. The standard InChI is InChI=1S/C15H18ClNO3/c1-10-4-5-11(12(16)8-10)13(18)17-7-3-6-15(2,9-17)14(19)20/h4-5,8H,3,6-7,9H2,1-2H3,(H,19,20). The van der Waals surface area contributed by atoms with Crippen LogP contribution in [0.5, 0.6) is 0 Å². The van der Waals surface area contributed by atoms with E-state index in [9.17, 15) is 14.7 Å². The maximum absolute atomic E-state index is 12.5. The van der Waals surface area contributed by atoms with E-state index in [4.69, 9.17) is 11.6 Å². The van der Waals surface area contributed by atoms with E-state index in [1.54, 1.807) is 24.0 Å². The SMILES string of the molecule is Cc1ccc(C(=O)N2CCCC(C)(C(=O)O)C2)c(Cl)c1. The van der Waals surface area contributed by atoms with Crippen molar-refractivity contribution in [2.75, 3.05) is 13.1 Å². The number of hydrogen-bond acceptors (Lipinski definition) is 2. The maximum Gasteiger partial charge on any atom is 0.311 e.